The Kier molecular flexibility index (Phi) is 4.63. The van der Waals surface area contributed by atoms with E-state index >= 15 is 0 Å². The Labute approximate surface area is 103 Å². The van der Waals surface area contributed by atoms with Crippen LogP contribution >= 0.6 is 11.6 Å². The van der Waals surface area contributed by atoms with Crippen LogP contribution in [0.15, 0.2) is 6.07 Å². The normalized spacial score (nSPS) is 10.9. The van der Waals surface area contributed by atoms with Crippen molar-refractivity contribution < 1.29 is 4.74 Å². The molecule has 1 aromatic carbocycles. The molecule has 0 spiro atoms. The first kappa shape index (κ1) is 13.3. The van der Waals surface area contributed by atoms with Gasteiger partial charge in [0.2, 0.25) is 0 Å². The van der Waals surface area contributed by atoms with Gasteiger partial charge in [-0.2, -0.15) is 0 Å². The molecule has 1 rings (SSSR count). The number of hydrogen-bond acceptors (Lipinski definition) is 2. The molecule has 0 fully saturated rings. The van der Waals surface area contributed by atoms with Gasteiger partial charge in [0, 0.05) is 11.6 Å². The number of hydrogen-bond donors (Lipinski definition) is 0. The first-order chi connectivity index (χ1) is 7.47. The Hall–Kier alpha value is -0.730. The molecule has 3 heteroatoms. The third-order valence-corrected chi connectivity index (χ3v) is 3.38. The number of ether oxygens (including phenoxy) is 1. The van der Waals surface area contributed by atoms with Crippen LogP contribution in [0, 0.1) is 13.8 Å². The molecular formula is C13H20ClNO. The Morgan fingerprint density at radius 2 is 1.94 bits per heavy atom. The highest BCUT2D eigenvalue weighted by atomic mass is 35.5. The van der Waals surface area contributed by atoms with Crippen LogP contribution in [-0.4, -0.2) is 32.6 Å². The van der Waals surface area contributed by atoms with Gasteiger partial charge in [0.25, 0.3) is 0 Å². The number of nitrogens with zero attached hydrogens (tertiary/aromatic N) is 1. The molecule has 0 aliphatic rings. The van der Waals surface area contributed by atoms with Crippen molar-refractivity contribution in [3.63, 3.8) is 0 Å². The molecule has 0 aliphatic carbocycles. The highest BCUT2D eigenvalue weighted by Crippen LogP contribution is 2.31. The summed E-state index contributed by atoms with van der Waals surface area (Å²) in [5, 5.41) is 0.856. The van der Waals surface area contributed by atoms with Gasteiger partial charge in [-0.25, -0.2) is 0 Å². The van der Waals surface area contributed by atoms with E-state index in [1.807, 2.05) is 13.0 Å². The highest BCUT2D eigenvalue weighted by molar-refractivity contribution is 6.32. The van der Waals surface area contributed by atoms with Gasteiger partial charge in [-0.1, -0.05) is 11.6 Å². The van der Waals surface area contributed by atoms with Crippen LogP contribution in [0.1, 0.15) is 16.7 Å². The average Bonchev–Trinajstić information content (AvgIpc) is 2.23. The van der Waals surface area contributed by atoms with Gasteiger partial charge in [-0.05, 0) is 57.1 Å². The first-order valence-electron chi connectivity index (χ1n) is 5.44. The predicted molar refractivity (Wildman–Crippen MR) is 69.7 cm³/mol. The fourth-order valence-corrected chi connectivity index (χ4v) is 1.96. The van der Waals surface area contributed by atoms with Gasteiger partial charge >= 0.3 is 0 Å². The van der Waals surface area contributed by atoms with E-state index in [9.17, 15) is 0 Å². The van der Waals surface area contributed by atoms with E-state index < -0.39 is 0 Å². The summed E-state index contributed by atoms with van der Waals surface area (Å²) in [5.74, 6) is 0.946. The molecule has 0 N–H and O–H groups in total. The van der Waals surface area contributed by atoms with Crippen LogP contribution in [0.3, 0.4) is 0 Å². The monoisotopic (exact) mass is 241 g/mol. The van der Waals surface area contributed by atoms with E-state index in [1.165, 1.54) is 5.56 Å². The largest absolute Gasteiger partial charge is 0.496 e. The maximum absolute atomic E-state index is 6.26. The molecule has 0 bridgehead atoms. The molecule has 0 unspecified atom stereocenters. The number of aryl methyl sites for hydroxylation is 1. The van der Waals surface area contributed by atoms with Crippen LogP contribution in [0.25, 0.3) is 0 Å². The van der Waals surface area contributed by atoms with Gasteiger partial charge in [-0.15, -0.1) is 0 Å². The molecule has 0 heterocycles. The average molecular weight is 242 g/mol. The summed E-state index contributed by atoms with van der Waals surface area (Å²) < 4.78 is 5.42. The summed E-state index contributed by atoms with van der Waals surface area (Å²) in [6, 6.07) is 2.01. The number of methoxy groups -OCH3 is 1. The fourth-order valence-electron chi connectivity index (χ4n) is 1.79. The first-order valence-corrected chi connectivity index (χ1v) is 5.82. The van der Waals surface area contributed by atoms with Crippen molar-refractivity contribution >= 4 is 11.6 Å². The van der Waals surface area contributed by atoms with Crippen LogP contribution in [-0.2, 0) is 6.42 Å². The minimum atomic E-state index is 0.856. The zero-order chi connectivity index (χ0) is 12.3. The van der Waals surface area contributed by atoms with Gasteiger partial charge < -0.3 is 9.64 Å². The molecule has 0 aromatic heterocycles. The summed E-state index contributed by atoms with van der Waals surface area (Å²) in [4.78, 5) is 2.16. The van der Waals surface area contributed by atoms with E-state index in [4.69, 9.17) is 16.3 Å². The number of benzene rings is 1. The zero-order valence-corrected chi connectivity index (χ0v) is 11.5. The van der Waals surface area contributed by atoms with Crippen molar-refractivity contribution in [2.24, 2.45) is 0 Å². The maximum atomic E-state index is 6.26. The van der Waals surface area contributed by atoms with Gasteiger partial charge in [0.05, 0.1) is 7.11 Å². The van der Waals surface area contributed by atoms with Crippen molar-refractivity contribution in [1.29, 1.82) is 0 Å². The Bertz CT molecular complexity index is 375. The number of likely N-dealkylation sites (N-methyl/N-ethyl adjacent to an activating group) is 1. The van der Waals surface area contributed by atoms with Crippen LogP contribution in [0.5, 0.6) is 5.75 Å². The predicted octanol–water partition coefficient (Wildman–Crippen LogP) is 3.07. The smallest absolute Gasteiger partial charge is 0.122 e. The molecule has 0 atom stereocenters. The molecule has 0 aliphatic heterocycles. The lowest BCUT2D eigenvalue weighted by Gasteiger charge is -2.17. The molecule has 90 valence electrons. The minimum Gasteiger partial charge on any atom is -0.496 e. The van der Waals surface area contributed by atoms with Crippen LogP contribution < -0.4 is 4.74 Å². The SMILES string of the molecule is COc1cc(C)c(Cl)c(C)c1CCN(C)C. The fraction of sp³-hybridized carbons (Fsp3) is 0.538. The number of halogens is 1. The lowest BCUT2D eigenvalue weighted by Crippen LogP contribution is -2.16. The quantitative estimate of drug-likeness (QED) is 0.804. The van der Waals surface area contributed by atoms with Crippen LogP contribution in [0.4, 0.5) is 0 Å². The second-order valence-corrected chi connectivity index (χ2v) is 4.74. The minimum absolute atomic E-state index is 0.856. The van der Waals surface area contributed by atoms with Gasteiger partial charge in [-0.3, -0.25) is 0 Å². The van der Waals surface area contributed by atoms with Crippen molar-refractivity contribution in [1.82, 2.24) is 4.90 Å². The Morgan fingerprint density at radius 3 is 2.44 bits per heavy atom. The van der Waals surface area contributed by atoms with Gasteiger partial charge in [0.1, 0.15) is 5.75 Å². The molecular weight excluding hydrogens is 222 g/mol. The standard InChI is InChI=1S/C13H20ClNO/c1-9-8-12(16-5)11(6-7-15(3)4)10(2)13(9)14/h8H,6-7H2,1-5H3. The summed E-state index contributed by atoms with van der Waals surface area (Å²) in [6.07, 6.45) is 0.960. The topological polar surface area (TPSA) is 12.5 Å². The van der Waals surface area contributed by atoms with Crippen molar-refractivity contribution in [3.05, 3.63) is 27.8 Å². The van der Waals surface area contributed by atoms with E-state index in [0.29, 0.717) is 0 Å². The van der Waals surface area contributed by atoms with Crippen LogP contribution in [0.2, 0.25) is 5.02 Å². The lowest BCUT2D eigenvalue weighted by atomic mass is 10.0. The summed E-state index contributed by atoms with van der Waals surface area (Å²) in [5.41, 5.74) is 3.43. The summed E-state index contributed by atoms with van der Waals surface area (Å²) >= 11 is 6.26. The molecule has 0 amide bonds. The van der Waals surface area contributed by atoms with E-state index in [1.54, 1.807) is 7.11 Å². The lowest BCUT2D eigenvalue weighted by molar-refractivity contribution is 0.391. The summed E-state index contributed by atoms with van der Waals surface area (Å²) in [7, 11) is 5.84. The Morgan fingerprint density at radius 1 is 1.31 bits per heavy atom. The highest BCUT2D eigenvalue weighted by Gasteiger charge is 2.12. The molecule has 16 heavy (non-hydrogen) atoms. The number of rotatable bonds is 4. The molecule has 0 saturated heterocycles. The third kappa shape index (κ3) is 2.89. The van der Waals surface area contributed by atoms with Crippen molar-refractivity contribution in [2.75, 3.05) is 27.7 Å². The maximum Gasteiger partial charge on any atom is 0.122 e. The Balaban J connectivity index is 3.09. The van der Waals surface area contributed by atoms with Crippen molar-refractivity contribution in [3.8, 4) is 5.75 Å². The second kappa shape index (κ2) is 5.55. The van der Waals surface area contributed by atoms with E-state index in [0.717, 1.165) is 34.9 Å². The third-order valence-electron chi connectivity index (χ3n) is 2.80. The zero-order valence-electron chi connectivity index (χ0n) is 10.7. The van der Waals surface area contributed by atoms with E-state index in [-0.39, 0.29) is 0 Å². The molecule has 0 radical (unpaired) electrons. The molecule has 2 nitrogen and oxygen atoms in total. The van der Waals surface area contributed by atoms with Crippen molar-refractivity contribution in [2.45, 2.75) is 20.3 Å². The van der Waals surface area contributed by atoms with E-state index in [2.05, 4.69) is 25.9 Å². The molecule has 0 saturated carbocycles. The summed E-state index contributed by atoms with van der Waals surface area (Å²) in [6.45, 7) is 5.06. The molecule has 1 aromatic rings. The van der Waals surface area contributed by atoms with Gasteiger partial charge in [0.15, 0.2) is 0 Å². The second-order valence-electron chi connectivity index (χ2n) is 4.37.